The predicted octanol–water partition coefficient (Wildman–Crippen LogP) is 5.48. The van der Waals surface area contributed by atoms with Gasteiger partial charge in [-0.15, -0.1) is 11.3 Å². The molecule has 8 heteroatoms. The quantitative estimate of drug-likeness (QED) is 0.363. The maximum Gasteiger partial charge on any atom is 0.137 e. The number of pyridine rings is 1. The van der Waals surface area contributed by atoms with Crippen molar-refractivity contribution >= 4 is 17.0 Å². The van der Waals surface area contributed by atoms with Crippen molar-refractivity contribution in [1.29, 1.82) is 10.5 Å². The van der Waals surface area contributed by atoms with Crippen molar-refractivity contribution in [1.82, 2.24) is 24.5 Å². The molecule has 5 heterocycles. The van der Waals surface area contributed by atoms with Gasteiger partial charge in [0, 0.05) is 34.3 Å². The summed E-state index contributed by atoms with van der Waals surface area (Å²) in [6, 6.07) is 20.5. The lowest BCUT2D eigenvalue weighted by Gasteiger charge is -2.17. The van der Waals surface area contributed by atoms with Crippen molar-refractivity contribution in [3.63, 3.8) is 0 Å². The fourth-order valence-electron chi connectivity index (χ4n) is 4.72. The van der Waals surface area contributed by atoms with Gasteiger partial charge in [-0.2, -0.15) is 15.6 Å². The van der Waals surface area contributed by atoms with Gasteiger partial charge in [0.05, 0.1) is 52.4 Å². The zero-order valence-corrected chi connectivity index (χ0v) is 19.7. The molecule has 7 nitrogen and oxygen atoms in total. The van der Waals surface area contributed by atoms with E-state index in [-0.39, 0.29) is 6.04 Å². The molecule has 170 valence electrons. The molecule has 1 fully saturated rings. The lowest BCUT2D eigenvalue weighted by Crippen LogP contribution is -2.26. The SMILES string of the molecule is N#Cc1ccc(-c2[nH]ncc2-c2ccc3ncc(-c4ccc(CN5CCCC5C#N)s4)n3c2)cc1. The molecule has 0 radical (unpaired) electrons. The zero-order valence-electron chi connectivity index (χ0n) is 18.8. The summed E-state index contributed by atoms with van der Waals surface area (Å²) in [5, 5.41) is 25.9. The van der Waals surface area contributed by atoms with E-state index in [1.165, 1.54) is 4.88 Å². The number of imidazole rings is 1. The fourth-order valence-corrected chi connectivity index (χ4v) is 5.76. The van der Waals surface area contributed by atoms with Gasteiger partial charge < -0.3 is 0 Å². The molecular weight excluding hydrogens is 454 g/mol. The standard InChI is InChI=1S/C27H21N7S/c28-12-18-3-5-19(6-4-18)27-23(14-31-32-27)20-7-10-26-30-15-24(34(26)16-20)25-9-8-22(35-25)17-33-11-1-2-21(33)13-29/h3-10,14-16,21H,1-2,11,17H2,(H,31,32). The average molecular weight is 476 g/mol. The number of aromatic nitrogens is 4. The smallest absolute Gasteiger partial charge is 0.137 e. The van der Waals surface area contributed by atoms with Gasteiger partial charge in [0.2, 0.25) is 0 Å². The number of hydrogen-bond acceptors (Lipinski definition) is 6. The molecule has 5 aromatic rings. The number of nitrogens with one attached hydrogen (secondary N) is 1. The lowest BCUT2D eigenvalue weighted by atomic mass is 10.0. The highest BCUT2D eigenvalue weighted by Crippen LogP contribution is 2.34. The lowest BCUT2D eigenvalue weighted by molar-refractivity contribution is 0.289. The summed E-state index contributed by atoms with van der Waals surface area (Å²) in [5.41, 5.74) is 6.44. The molecule has 1 saturated heterocycles. The second kappa shape index (κ2) is 8.84. The van der Waals surface area contributed by atoms with E-state index < -0.39 is 0 Å². The highest BCUT2D eigenvalue weighted by atomic mass is 32.1. The van der Waals surface area contributed by atoms with Gasteiger partial charge >= 0.3 is 0 Å². The molecule has 1 N–H and O–H groups in total. The minimum Gasteiger partial charge on any atom is -0.298 e. The molecular formula is C27H21N7S. The van der Waals surface area contributed by atoms with Gasteiger partial charge in [0.15, 0.2) is 0 Å². The van der Waals surface area contributed by atoms with Crippen molar-refractivity contribution < 1.29 is 0 Å². The Hall–Kier alpha value is -4.24. The number of H-pyrrole nitrogens is 1. The zero-order chi connectivity index (χ0) is 23.8. The van der Waals surface area contributed by atoms with Crippen LogP contribution in [0.2, 0.25) is 0 Å². The van der Waals surface area contributed by atoms with E-state index >= 15 is 0 Å². The Balaban J connectivity index is 1.33. The van der Waals surface area contributed by atoms with E-state index in [2.05, 4.69) is 61.0 Å². The molecule has 0 bridgehead atoms. The highest BCUT2D eigenvalue weighted by Gasteiger charge is 2.24. The van der Waals surface area contributed by atoms with E-state index in [0.717, 1.165) is 64.5 Å². The summed E-state index contributed by atoms with van der Waals surface area (Å²) in [4.78, 5) is 9.29. The normalized spacial score (nSPS) is 15.9. The topological polar surface area (TPSA) is 96.8 Å². The molecule has 0 amide bonds. The van der Waals surface area contributed by atoms with Crippen LogP contribution >= 0.6 is 11.3 Å². The summed E-state index contributed by atoms with van der Waals surface area (Å²) in [7, 11) is 0. The molecule has 1 aliphatic rings. The van der Waals surface area contributed by atoms with Gasteiger partial charge in [0.25, 0.3) is 0 Å². The minimum atomic E-state index is 0.0270. The third kappa shape index (κ3) is 3.89. The highest BCUT2D eigenvalue weighted by molar-refractivity contribution is 7.15. The Morgan fingerprint density at radius 1 is 1.03 bits per heavy atom. The fraction of sp³-hybridized carbons (Fsp3) is 0.185. The maximum absolute atomic E-state index is 9.39. The van der Waals surface area contributed by atoms with Crippen molar-refractivity contribution in [3.8, 4) is 45.1 Å². The van der Waals surface area contributed by atoms with Gasteiger partial charge in [0.1, 0.15) is 5.65 Å². The van der Waals surface area contributed by atoms with Crippen LogP contribution in [0.4, 0.5) is 0 Å². The Morgan fingerprint density at radius 2 is 1.89 bits per heavy atom. The molecule has 0 aliphatic carbocycles. The van der Waals surface area contributed by atoms with Gasteiger partial charge in [-0.3, -0.25) is 14.4 Å². The molecule has 35 heavy (non-hydrogen) atoms. The molecule has 1 aliphatic heterocycles. The van der Waals surface area contributed by atoms with Crippen molar-refractivity contribution in [3.05, 3.63) is 77.6 Å². The molecule has 6 rings (SSSR count). The van der Waals surface area contributed by atoms with Crippen LogP contribution in [0.1, 0.15) is 23.3 Å². The number of hydrogen-bond donors (Lipinski definition) is 1. The van der Waals surface area contributed by atoms with Gasteiger partial charge in [-0.05, 0) is 55.8 Å². The molecule has 0 spiro atoms. The predicted molar refractivity (Wildman–Crippen MR) is 135 cm³/mol. The van der Waals surface area contributed by atoms with Crippen LogP contribution in [0.25, 0.3) is 38.6 Å². The number of rotatable bonds is 5. The van der Waals surface area contributed by atoms with Gasteiger partial charge in [-0.25, -0.2) is 4.98 Å². The van der Waals surface area contributed by atoms with E-state index in [0.29, 0.717) is 5.56 Å². The molecule has 4 aromatic heterocycles. The monoisotopic (exact) mass is 475 g/mol. The Morgan fingerprint density at radius 3 is 2.71 bits per heavy atom. The Kier molecular flexibility index (Phi) is 5.38. The summed E-state index contributed by atoms with van der Waals surface area (Å²) < 4.78 is 2.12. The number of benzene rings is 1. The second-order valence-corrected chi connectivity index (χ2v) is 9.83. The van der Waals surface area contributed by atoms with Crippen LogP contribution < -0.4 is 0 Å². The van der Waals surface area contributed by atoms with Crippen molar-refractivity contribution in [2.45, 2.75) is 25.4 Å². The van der Waals surface area contributed by atoms with Crippen molar-refractivity contribution in [2.75, 3.05) is 6.54 Å². The van der Waals surface area contributed by atoms with Crippen LogP contribution in [-0.2, 0) is 6.54 Å². The molecule has 0 saturated carbocycles. The van der Waals surface area contributed by atoms with Crippen LogP contribution in [-0.4, -0.2) is 37.1 Å². The molecule has 1 unspecified atom stereocenters. The number of aromatic amines is 1. The second-order valence-electron chi connectivity index (χ2n) is 8.66. The maximum atomic E-state index is 9.39. The molecule has 1 aromatic carbocycles. The average Bonchev–Trinajstić information content (AvgIpc) is 3.70. The van der Waals surface area contributed by atoms with E-state index in [4.69, 9.17) is 5.26 Å². The van der Waals surface area contributed by atoms with Crippen LogP contribution in [0.5, 0.6) is 0 Å². The van der Waals surface area contributed by atoms with E-state index in [1.807, 2.05) is 42.7 Å². The van der Waals surface area contributed by atoms with Crippen LogP contribution in [0, 0.1) is 22.7 Å². The first kappa shape index (κ1) is 21.3. The third-order valence-corrected chi connectivity index (χ3v) is 7.64. The Labute approximate surface area is 206 Å². The van der Waals surface area contributed by atoms with E-state index in [1.54, 1.807) is 11.3 Å². The number of nitriles is 2. The summed E-state index contributed by atoms with van der Waals surface area (Å²) in [6.07, 6.45) is 7.89. The van der Waals surface area contributed by atoms with Crippen LogP contribution in [0.3, 0.4) is 0 Å². The summed E-state index contributed by atoms with van der Waals surface area (Å²) >= 11 is 1.75. The first-order valence-electron chi connectivity index (χ1n) is 11.5. The summed E-state index contributed by atoms with van der Waals surface area (Å²) in [5.74, 6) is 0. The van der Waals surface area contributed by atoms with Crippen molar-refractivity contribution in [2.24, 2.45) is 0 Å². The summed E-state index contributed by atoms with van der Waals surface area (Å²) in [6.45, 7) is 1.80. The largest absolute Gasteiger partial charge is 0.298 e. The van der Waals surface area contributed by atoms with Gasteiger partial charge in [-0.1, -0.05) is 12.1 Å². The number of nitrogens with zero attached hydrogens (tertiary/aromatic N) is 6. The first-order valence-corrected chi connectivity index (χ1v) is 12.3. The molecule has 1 atom stereocenters. The third-order valence-electron chi connectivity index (χ3n) is 6.54. The number of likely N-dealkylation sites (tertiary alicyclic amines) is 1. The number of thiophene rings is 1. The first-order chi connectivity index (χ1) is 17.2. The number of fused-ring (bicyclic) bond motifs is 1. The minimum absolute atomic E-state index is 0.0270. The van der Waals surface area contributed by atoms with Crippen LogP contribution in [0.15, 0.2) is 67.1 Å². The Bertz CT molecular complexity index is 1590. The van der Waals surface area contributed by atoms with E-state index in [9.17, 15) is 5.26 Å².